The molecule has 1 aromatic rings. The SMILES string of the molecule is CC1=C/CC[C@@H](F)Cc2nc(co2)C(=O)N2CCC[C@@H]2C(=O)O[C@H](C(C)C)[C@H](C)/C=C\C(=O)NC/C=C\1. The molecule has 2 amide bonds. The fourth-order valence-electron chi connectivity index (χ4n) is 4.63. The van der Waals surface area contributed by atoms with Gasteiger partial charge in [0, 0.05) is 19.0 Å². The van der Waals surface area contributed by atoms with E-state index in [9.17, 15) is 18.8 Å². The zero-order valence-electron chi connectivity index (χ0n) is 22.1. The van der Waals surface area contributed by atoms with Crippen LogP contribution in [0.25, 0.3) is 0 Å². The van der Waals surface area contributed by atoms with Crippen LogP contribution in [0.3, 0.4) is 0 Å². The van der Waals surface area contributed by atoms with Crippen molar-refractivity contribution >= 4 is 17.8 Å². The first kappa shape index (κ1) is 28.3. The van der Waals surface area contributed by atoms with Crippen molar-refractivity contribution in [2.45, 2.75) is 78.1 Å². The molecule has 0 spiro atoms. The van der Waals surface area contributed by atoms with Gasteiger partial charge >= 0.3 is 5.97 Å². The van der Waals surface area contributed by atoms with E-state index in [1.807, 2.05) is 45.9 Å². The summed E-state index contributed by atoms with van der Waals surface area (Å²) in [7, 11) is 0. The third-order valence-corrected chi connectivity index (χ3v) is 6.65. The van der Waals surface area contributed by atoms with E-state index in [4.69, 9.17) is 9.15 Å². The van der Waals surface area contributed by atoms with Crippen LogP contribution in [0.5, 0.6) is 0 Å². The minimum absolute atomic E-state index is 0.00358. The Hall–Kier alpha value is -3.23. The average molecular weight is 516 g/mol. The summed E-state index contributed by atoms with van der Waals surface area (Å²) >= 11 is 0. The molecule has 1 N–H and O–H groups in total. The molecule has 3 heterocycles. The number of esters is 1. The maximum Gasteiger partial charge on any atom is 0.329 e. The number of alkyl halides is 1. The van der Waals surface area contributed by atoms with Crippen LogP contribution in [0.15, 0.2) is 46.6 Å². The normalized spacial score (nSPS) is 30.2. The number of nitrogens with zero attached hydrogens (tertiary/aromatic N) is 2. The summed E-state index contributed by atoms with van der Waals surface area (Å²) in [5, 5.41) is 2.79. The molecule has 3 rings (SSSR count). The number of carbonyl (C=O) groups is 3. The van der Waals surface area contributed by atoms with Crippen molar-refractivity contribution in [1.82, 2.24) is 15.2 Å². The molecular weight excluding hydrogens is 477 g/mol. The van der Waals surface area contributed by atoms with Crippen molar-refractivity contribution in [2.75, 3.05) is 13.1 Å². The summed E-state index contributed by atoms with van der Waals surface area (Å²) in [6.07, 6.45) is 10.3. The standard InChI is InChI=1S/C28H38FN3O5/c1-18(2)26-20(4)12-13-24(33)30-14-6-9-19(3)8-5-10-21(29)16-25-31-22(17-36-25)27(34)32-15-7-11-23(32)28(35)37-26/h6,8-9,12-13,17-18,20-21,23,26H,5,7,10-11,14-16H2,1-4H3,(H,30,33)/b9-6-,13-12-,19-8-/t20-,21-,23-,26-/m1/s1. The zero-order chi connectivity index (χ0) is 26.9. The maximum absolute atomic E-state index is 14.5. The van der Waals surface area contributed by atoms with E-state index in [2.05, 4.69) is 10.3 Å². The highest BCUT2D eigenvalue weighted by Gasteiger charge is 2.38. The number of oxazole rings is 1. The molecule has 9 heteroatoms. The van der Waals surface area contributed by atoms with Crippen LogP contribution in [0.4, 0.5) is 4.39 Å². The van der Waals surface area contributed by atoms with E-state index >= 15 is 0 Å². The van der Waals surface area contributed by atoms with Crippen LogP contribution in [-0.2, 0) is 20.7 Å². The molecule has 0 unspecified atom stereocenters. The largest absolute Gasteiger partial charge is 0.460 e. The Balaban J connectivity index is 1.82. The van der Waals surface area contributed by atoms with Crippen LogP contribution in [-0.4, -0.2) is 59.1 Å². The fraction of sp³-hybridized carbons (Fsp3) is 0.571. The molecule has 1 fully saturated rings. The van der Waals surface area contributed by atoms with Gasteiger partial charge in [-0.05, 0) is 44.6 Å². The number of aromatic nitrogens is 1. The second-order valence-corrected chi connectivity index (χ2v) is 10.1. The van der Waals surface area contributed by atoms with Crippen LogP contribution in [0.2, 0.25) is 0 Å². The summed E-state index contributed by atoms with van der Waals surface area (Å²) in [4.78, 5) is 44.2. The highest BCUT2D eigenvalue weighted by molar-refractivity contribution is 5.95. The number of ether oxygens (including phenoxy) is 1. The minimum Gasteiger partial charge on any atom is -0.460 e. The molecule has 0 saturated carbocycles. The number of carbonyl (C=O) groups excluding carboxylic acids is 3. The molecule has 37 heavy (non-hydrogen) atoms. The van der Waals surface area contributed by atoms with Gasteiger partial charge in [0.05, 0.1) is 6.42 Å². The van der Waals surface area contributed by atoms with Gasteiger partial charge < -0.3 is 19.4 Å². The molecule has 2 bridgehead atoms. The Bertz CT molecular complexity index is 1040. The Kier molecular flexibility index (Phi) is 10.2. The van der Waals surface area contributed by atoms with Crippen molar-refractivity contribution < 1.29 is 27.9 Å². The van der Waals surface area contributed by atoms with Crippen molar-refractivity contribution in [2.24, 2.45) is 11.8 Å². The highest BCUT2D eigenvalue weighted by Crippen LogP contribution is 2.25. The summed E-state index contributed by atoms with van der Waals surface area (Å²) < 4.78 is 25.8. The first-order valence-corrected chi connectivity index (χ1v) is 13.0. The van der Waals surface area contributed by atoms with Gasteiger partial charge in [-0.1, -0.05) is 50.6 Å². The van der Waals surface area contributed by atoms with Crippen LogP contribution < -0.4 is 5.32 Å². The van der Waals surface area contributed by atoms with E-state index in [0.717, 1.165) is 5.57 Å². The van der Waals surface area contributed by atoms with E-state index < -0.39 is 30.2 Å². The van der Waals surface area contributed by atoms with E-state index in [1.54, 1.807) is 6.08 Å². The smallest absolute Gasteiger partial charge is 0.329 e. The monoisotopic (exact) mass is 515 g/mol. The molecule has 2 aliphatic heterocycles. The van der Waals surface area contributed by atoms with Crippen molar-refractivity contribution in [3.05, 3.63) is 53.8 Å². The van der Waals surface area contributed by atoms with E-state index in [0.29, 0.717) is 32.4 Å². The lowest BCUT2D eigenvalue weighted by Gasteiger charge is -2.29. The minimum atomic E-state index is -1.17. The van der Waals surface area contributed by atoms with Gasteiger partial charge in [0.15, 0.2) is 11.6 Å². The second kappa shape index (κ2) is 13.4. The van der Waals surface area contributed by atoms with Gasteiger partial charge in [0.1, 0.15) is 24.6 Å². The quantitative estimate of drug-likeness (QED) is 0.559. The lowest BCUT2D eigenvalue weighted by Crippen LogP contribution is -2.44. The van der Waals surface area contributed by atoms with E-state index in [1.165, 1.54) is 17.2 Å². The number of amides is 2. The van der Waals surface area contributed by atoms with Gasteiger partial charge in [-0.2, -0.15) is 0 Å². The van der Waals surface area contributed by atoms with Gasteiger partial charge in [-0.15, -0.1) is 0 Å². The van der Waals surface area contributed by atoms with Gasteiger partial charge in [-0.3, -0.25) is 9.59 Å². The number of hydrogen-bond acceptors (Lipinski definition) is 6. The predicted molar refractivity (Wildman–Crippen MR) is 137 cm³/mol. The molecule has 2 aliphatic rings. The number of rotatable bonds is 1. The second-order valence-electron chi connectivity index (χ2n) is 10.1. The number of allylic oxidation sites excluding steroid dienone is 3. The van der Waals surface area contributed by atoms with Crippen molar-refractivity contribution in [1.29, 1.82) is 0 Å². The Morgan fingerprint density at radius 2 is 1.97 bits per heavy atom. The fourth-order valence-corrected chi connectivity index (χ4v) is 4.63. The van der Waals surface area contributed by atoms with E-state index in [-0.39, 0.29) is 42.2 Å². The molecule has 0 aromatic carbocycles. The van der Waals surface area contributed by atoms with Crippen LogP contribution in [0.1, 0.15) is 69.8 Å². The van der Waals surface area contributed by atoms with Crippen LogP contribution >= 0.6 is 0 Å². The van der Waals surface area contributed by atoms with Gasteiger partial charge in [0.25, 0.3) is 5.91 Å². The number of cyclic esters (lactones) is 1. The number of halogens is 1. The molecule has 8 nitrogen and oxygen atoms in total. The molecule has 1 aromatic heterocycles. The molecule has 0 radical (unpaired) electrons. The topological polar surface area (TPSA) is 102 Å². The summed E-state index contributed by atoms with van der Waals surface area (Å²) in [5.74, 6) is -1.22. The molecule has 4 atom stereocenters. The first-order valence-electron chi connectivity index (χ1n) is 13.0. The number of hydrogen-bond donors (Lipinski definition) is 1. The van der Waals surface area contributed by atoms with Crippen LogP contribution in [0, 0.1) is 11.8 Å². The number of fused-ring (bicyclic) bond motifs is 3. The van der Waals surface area contributed by atoms with Gasteiger partial charge in [-0.25, -0.2) is 14.2 Å². The average Bonchev–Trinajstić information content (AvgIpc) is 3.52. The van der Waals surface area contributed by atoms with Gasteiger partial charge in [0.2, 0.25) is 5.91 Å². The molecule has 202 valence electrons. The Morgan fingerprint density at radius 3 is 2.73 bits per heavy atom. The molecular formula is C28H38FN3O5. The third-order valence-electron chi connectivity index (χ3n) is 6.65. The lowest BCUT2D eigenvalue weighted by molar-refractivity contribution is -0.158. The predicted octanol–water partition coefficient (Wildman–Crippen LogP) is 4.33. The highest BCUT2D eigenvalue weighted by atomic mass is 19.1. The first-order chi connectivity index (χ1) is 17.7. The Labute approximate surface area is 218 Å². The van der Waals surface area contributed by atoms with Crippen molar-refractivity contribution in [3.63, 3.8) is 0 Å². The lowest BCUT2D eigenvalue weighted by atomic mass is 9.94. The number of nitrogens with one attached hydrogen (secondary N) is 1. The zero-order valence-corrected chi connectivity index (χ0v) is 22.1. The summed E-state index contributed by atoms with van der Waals surface area (Å²) in [5.41, 5.74) is 1.03. The third kappa shape index (κ3) is 8.13. The maximum atomic E-state index is 14.5. The Morgan fingerprint density at radius 1 is 1.19 bits per heavy atom. The summed E-state index contributed by atoms with van der Waals surface area (Å²) in [6.45, 7) is 8.46. The molecule has 0 aliphatic carbocycles. The summed E-state index contributed by atoms with van der Waals surface area (Å²) in [6, 6.07) is -0.731. The molecule has 1 saturated heterocycles. The van der Waals surface area contributed by atoms with Crippen molar-refractivity contribution in [3.8, 4) is 0 Å².